The Balaban J connectivity index is 2.13. The average molecular weight is 191 g/mol. The summed E-state index contributed by atoms with van der Waals surface area (Å²) in [7, 11) is 0. The van der Waals surface area contributed by atoms with Crippen LogP contribution in [0.2, 0.25) is 0 Å². The number of aliphatic hydroxyl groups excluding tert-OH is 1. The Hall–Kier alpha value is -1.02. The Bertz CT molecular complexity index is 305. The van der Waals surface area contributed by atoms with E-state index >= 15 is 0 Å². The van der Waals surface area contributed by atoms with Crippen molar-refractivity contribution in [1.82, 2.24) is 0 Å². The lowest BCUT2D eigenvalue weighted by atomic mass is 10.0. The third-order valence-corrected chi connectivity index (χ3v) is 2.88. The van der Waals surface area contributed by atoms with E-state index in [2.05, 4.69) is 38.1 Å². The van der Waals surface area contributed by atoms with Gasteiger partial charge in [0.2, 0.25) is 0 Å². The van der Waals surface area contributed by atoms with Crippen molar-refractivity contribution < 1.29 is 5.11 Å². The van der Waals surface area contributed by atoms with Crippen LogP contribution in [0.4, 0.5) is 5.69 Å². The van der Waals surface area contributed by atoms with E-state index in [4.69, 9.17) is 0 Å². The van der Waals surface area contributed by atoms with Gasteiger partial charge in [-0.05, 0) is 23.6 Å². The topological polar surface area (TPSA) is 23.5 Å². The molecule has 76 valence electrons. The summed E-state index contributed by atoms with van der Waals surface area (Å²) in [6.45, 7) is 5.35. The predicted molar refractivity (Wildman–Crippen MR) is 58.5 cm³/mol. The van der Waals surface area contributed by atoms with E-state index in [1.165, 1.54) is 5.56 Å². The highest BCUT2D eigenvalue weighted by Gasteiger charge is 2.25. The molecule has 2 nitrogen and oxygen atoms in total. The van der Waals surface area contributed by atoms with Crippen LogP contribution in [0, 0.1) is 0 Å². The van der Waals surface area contributed by atoms with Crippen LogP contribution in [0.3, 0.4) is 0 Å². The van der Waals surface area contributed by atoms with Crippen molar-refractivity contribution in [2.75, 3.05) is 11.4 Å². The fourth-order valence-electron chi connectivity index (χ4n) is 1.73. The number of aliphatic hydroxyl groups is 1. The third-order valence-electron chi connectivity index (χ3n) is 2.88. The largest absolute Gasteiger partial charge is 0.374 e. The van der Waals surface area contributed by atoms with E-state index in [0.717, 1.165) is 18.7 Å². The van der Waals surface area contributed by atoms with Crippen LogP contribution < -0.4 is 4.90 Å². The number of rotatable bonds is 2. The van der Waals surface area contributed by atoms with E-state index in [9.17, 15) is 5.11 Å². The SMILES string of the molecule is CC(C)c1ccc(N2CCC2O)cc1. The molecule has 0 bridgehead atoms. The molecule has 0 saturated carbocycles. The lowest BCUT2D eigenvalue weighted by Crippen LogP contribution is -2.47. The van der Waals surface area contributed by atoms with Crippen molar-refractivity contribution in [2.45, 2.75) is 32.4 Å². The smallest absolute Gasteiger partial charge is 0.128 e. The highest BCUT2D eigenvalue weighted by Crippen LogP contribution is 2.26. The molecule has 0 aromatic heterocycles. The molecule has 0 radical (unpaired) electrons. The molecule has 0 spiro atoms. The Labute approximate surface area is 85.2 Å². The molecule has 1 aliphatic heterocycles. The van der Waals surface area contributed by atoms with E-state index < -0.39 is 0 Å². The van der Waals surface area contributed by atoms with Gasteiger partial charge in [0.25, 0.3) is 0 Å². The van der Waals surface area contributed by atoms with Crippen LogP contribution in [0.5, 0.6) is 0 Å². The van der Waals surface area contributed by atoms with Crippen LogP contribution in [-0.2, 0) is 0 Å². The van der Waals surface area contributed by atoms with Crippen molar-refractivity contribution in [2.24, 2.45) is 0 Å². The zero-order valence-electron chi connectivity index (χ0n) is 8.77. The van der Waals surface area contributed by atoms with E-state index in [0.29, 0.717) is 5.92 Å². The molecule has 1 saturated heterocycles. The number of hydrogen-bond donors (Lipinski definition) is 1. The van der Waals surface area contributed by atoms with Gasteiger partial charge < -0.3 is 10.0 Å². The summed E-state index contributed by atoms with van der Waals surface area (Å²) in [5, 5.41) is 9.47. The van der Waals surface area contributed by atoms with Crippen molar-refractivity contribution in [3.05, 3.63) is 29.8 Å². The molecule has 1 N–H and O–H groups in total. The Kier molecular flexibility index (Phi) is 2.46. The second-order valence-corrected chi connectivity index (χ2v) is 4.21. The van der Waals surface area contributed by atoms with Gasteiger partial charge in [0.15, 0.2) is 0 Å². The van der Waals surface area contributed by atoms with E-state index in [1.54, 1.807) is 0 Å². The standard InChI is InChI=1S/C12H17NO/c1-9(2)10-3-5-11(6-4-10)13-8-7-12(13)14/h3-6,9,12,14H,7-8H2,1-2H3. The van der Waals surface area contributed by atoms with Crippen LogP contribution >= 0.6 is 0 Å². The molecular formula is C12H17NO. The third kappa shape index (κ3) is 1.62. The summed E-state index contributed by atoms with van der Waals surface area (Å²) in [6.07, 6.45) is 0.631. The first-order chi connectivity index (χ1) is 6.68. The summed E-state index contributed by atoms with van der Waals surface area (Å²) >= 11 is 0. The molecule has 2 rings (SSSR count). The second kappa shape index (κ2) is 3.62. The summed E-state index contributed by atoms with van der Waals surface area (Å²) in [5.41, 5.74) is 2.48. The first kappa shape index (κ1) is 9.53. The van der Waals surface area contributed by atoms with Crippen molar-refractivity contribution in [3.8, 4) is 0 Å². The maximum absolute atomic E-state index is 9.47. The zero-order valence-corrected chi connectivity index (χ0v) is 8.77. The Morgan fingerprint density at radius 2 is 1.93 bits per heavy atom. The molecule has 0 aliphatic carbocycles. The van der Waals surface area contributed by atoms with Crippen molar-refractivity contribution in [3.63, 3.8) is 0 Å². The monoisotopic (exact) mass is 191 g/mol. The first-order valence-electron chi connectivity index (χ1n) is 5.23. The summed E-state index contributed by atoms with van der Waals surface area (Å²) in [4.78, 5) is 2.02. The maximum atomic E-state index is 9.47. The van der Waals surface area contributed by atoms with Gasteiger partial charge in [0, 0.05) is 18.7 Å². The van der Waals surface area contributed by atoms with Gasteiger partial charge in [-0.3, -0.25) is 0 Å². The summed E-state index contributed by atoms with van der Waals surface area (Å²) in [5.74, 6) is 0.574. The van der Waals surface area contributed by atoms with Gasteiger partial charge >= 0.3 is 0 Å². The van der Waals surface area contributed by atoms with Crippen molar-refractivity contribution in [1.29, 1.82) is 0 Å². The lowest BCUT2D eigenvalue weighted by Gasteiger charge is -2.39. The molecule has 1 aliphatic rings. The highest BCUT2D eigenvalue weighted by molar-refractivity contribution is 5.50. The van der Waals surface area contributed by atoms with E-state index in [1.807, 2.05) is 4.90 Å². The van der Waals surface area contributed by atoms with Crippen molar-refractivity contribution >= 4 is 5.69 Å². The molecule has 1 unspecified atom stereocenters. The summed E-state index contributed by atoms with van der Waals surface area (Å²) in [6, 6.07) is 8.48. The molecule has 1 aromatic carbocycles. The fraction of sp³-hybridized carbons (Fsp3) is 0.500. The quantitative estimate of drug-likeness (QED) is 0.775. The molecule has 1 aromatic rings. The normalized spacial score (nSPS) is 21.1. The lowest BCUT2D eigenvalue weighted by molar-refractivity contribution is 0.113. The highest BCUT2D eigenvalue weighted by atomic mass is 16.3. The van der Waals surface area contributed by atoms with Gasteiger partial charge in [-0.2, -0.15) is 0 Å². The van der Waals surface area contributed by atoms with Crippen LogP contribution in [0.15, 0.2) is 24.3 Å². The van der Waals surface area contributed by atoms with Gasteiger partial charge in [-0.1, -0.05) is 26.0 Å². The van der Waals surface area contributed by atoms with Crippen LogP contribution in [0.25, 0.3) is 0 Å². The molecule has 14 heavy (non-hydrogen) atoms. The van der Waals surface area contributed by atoms with Crippen LogP contribution in [0.1, 0.15) is 31.7 Å². The van der Waals surface area contributed by atoms with Gasteiger partial charge in [-0.15, -0.1) is 0 Å². The fourth-order valence-corrected chi connectivity index (χ4v) is 1.73. The van der Waals surface area contributed by atoms with Gasteiger partial charge in [0.1, 0.15) is 6.23 Å². The molecule has 1 fully saturated rings. The van der Waals surface area contributed by atoms with E-state index in [-0.39, 0.29) is 6.23 Å². The number of hydrogen-bond acceptors (Lipinski definition) is 2. The Morgan fingerprint density at radius 3 is 2.29 bits per heavy atom. The zero-order chi connectivity index (χ0) is 10.1. The summed E-state index contributed by atoms with van der Waals surface area (Å²) < 4.78 is 0. The van der Waals surface area contributed by atoms with Gasteiger partial charge in [0.05, 0.1) is 0 Å². The Morgan fingerprint density at radius 1 is 1.29 bits per heavy atom. The molecule has 0 amide bonds. The maximum Gasteiger partial charge on any atom is 0.128 e. The molecule has 1 atom stereocenters. The number of benzene rings is 1. The minimum atomic E-state index is -0.264. The number of anilines is 1. The second-order valence-electron chi connectivity index (χ2n) is 4.21. The predicted octanol–water partition coefficient (Wildman–Crippen LogP) is 2.34. The molecule has 2 heteroatoms. The number of nitrogens with zero attached hydrogens (tertiary/aromatic N) is 1. The molecular weight excluding hydrogens is 174 g/mol. The average Bonchev–Trinajstić information content (AvgIpc) is 2.16. The first-order valence-corrected chi connectivity index (χ1v) is 5.23. The van der Waals surface area contributed by atoms with Crippen LogP contribution in [-0.4, -0.2) is 17.9 Å². The van der Waals surface area contributed by atoms with Gasteiger partial charge in [-0.25, -0.2) is 0 Å². The minimum Gasteiger partial charge on any atom is -0.374 e. The molecule has 1 heterocycles. The minimum absolute atomic E-state index is 0.264.